The van der Waals surface area contributed by atoms with E-state index < -0.39 is 21.4 Å². The second kappa shape index (κ2) is 6.30. The number of rotatable bonds is 5. The molecule has 110 valence electrons. The summed E-state index contributed by atoms with van der Waals surface area (Å²) in [4.78, 5) is 4.78. The van der Waals surface area contributed by atoms with Crippen LogP contribution in [0.5, 0.6) is 0 Å². The molecule has 0 unspecified atom stereocenters. The molecule has 1 aromatic carbocycles. The Hall–Kier alpha value is -1.82. The number of nitrogens with one attached hydrogen (secondary N) is 1. The minimum Gasteiger partial charge on any atom is -0.248 e. The number of sulfonamides is 1. The zero-order valence-corrected chi connectivity index (χ0v) is 12.8. The zero-order valence-electron chi connectivity index (χ0n) is 11.1. The predicted molar refractivity (Wildman–Crippen MR) is 76.6 cm³/mol. The lowest BCUT2D eigenvalue weighted by Gasteiger charge is -2.07. The molecular formula is C13H12FN3O2S2. The standard InChI is InChI=1S/C13H12FN3O2S2/c1-2-9-7-16-13(20-9)8-17-21(18,19)12-5-3-4-11(14)10(12)6-15/h3-5,7,17H,2,8H2,1H3. The van der Waals surface area contributed by atoms with Crippen molar-refractivity contribution in [3.05, 3.63) is 45.7 Å². The summed E-state index contributed by atoms with van der Waals surface area (Å²) in [5, 5.41) is 9.51. The first-order valence-electron chi connectivity index (χ1n) is 6.09. The predicted octanol–water partition coefficient (Wildman–Crippen LogP) is 2.19. The lowest BCUT2D eigenvalue weighted by Crippen LogP contribution is -2.24. The maximum atomic E-state index is 13.5. The Kier molecular flexibility index (Phi) is 4.67. The van der Waals surface area contributed by atoms with E-state index >= 15 is 0 Å². The Morgan fingerprint density at radius 3 is 2.86 bits per heavy atom. The second-order valence-corrected chi connectivity index (χ2v) is 7.06. The van der Waals surface area contributed by atoms with Crippen molar-refractivity contribution in [3.63, 3.8) is 0 Å². The summed E-state index contributed by atoms with van der Waals surface area (Å²) < 4.78 is 40.1. The van der Waals surface area contributed by atoms with Gasteiger partial charge in [-0.1, -0.05) is 13.0 Å². The lowest BCUT2D eigenvalue weighted by molar-refractivity contribution is 0.576. The molecule has 0 saturated carbocycles. The van der Waals surface area contributed by atoms with Gasteiger partial charge in [-0.05, 0) is 18.6 Å². The molecule has 5 nitrogen and oxygen atoms in total. The van der Waals surface area contributed by atoms with Gasteiger partial charge < -0.3 is 0 Å². The second-order valence-electron chi connectivity index (χ2n) is 4.12. The average molecular weight is 325 g/mol. The largest absolute Gasteiger partial charge is 0.248 e. The highest BCUT2D eigenvalue weighted by Crippen LogP contribution is 2.19. The van der Waals surface area contributed by atoms with Crippen LogP contribution in [0.1, 0.15) is 22.4 Å². The first kappa shape index (κ1) is 15.6. The van der Waals surface area contributed by atoms with Crippen LogP contribution < -0.4 is 4.72 Å². The highest BCUT2D eigenvalue weighted by Gasteiger charge is 2.21. The molecule has 8 heteroatoms. The van der Waals surface area contributed by atoms with Crippen LogP contribution in [0.4, 0.5) is 4.39 Å². The maximum absolute atomic E-state index is 13.5. The van der Waals surface area contributed by atoms with Crippen LogP contribution in [0.25, 0.3) is 0 Å². The van der Waals surface area contributed by atoms with E-state index in [2.05, 4.69) is 9.71 Å². The van der Waals surface area contributed by atoms with Gasteiger partial charge in [0, 0.05) is 11.1 Å². The number of nitrogens with zero attached hydrogens (tertiary/aromatic N) is 2. The third-order valence-corrected chi connectivity index (χ3v) is 5.33. The molecule has 0 amide bonds. The monoisotopic (exact) mass is 325 g/mol. The van der Waals surface area contributed by atoms with Gasteiger partial charge >= 0.3 is 0 Å². The van der Waals surface area contributed by atoms with Crippen molar-refractivity contribution in [2.75, 3.05) is 0 Å². The molecule has 0 bridgehead atoms. The van der Waals surface area contributed by atoms with Crippen LogP contribution >= 0.6 is 11.3 Å². The molecule has 0 aliphatic rings. The van der Waals surface area contributed by atoms with Crippen molar-refractivity contribution < 1.29 is 12.8 Å². The third kappa shape index (κ3) is 3.44. The number of hydrogen-bond donors (Lipinski definition) is 1. The number of thiazole rings is 1. The number of aromatic nitrogens is 1. The van der Waals surface area contributed by atoms with Gasteiger partial charge in [-0.25, -0.2) is 22.5 Å². The Bertz CT molecular complexity index is 794. The molecule has 1 aromatic heterocycles. The summed E-state index contributed by atoms with van der Waals surface area (Å²) >= 11 is 1.40. The number of benzene rings is 1. The van der Waals surface area contributed by atoms with E-state index in [1.807, 2.05) is 6.92 Å². The minimum atomic E-state index is -3.97. The Labute approximate surface area is 126 Å². The summed E-state index contributed by atoms with van der Waals surface area (Å²) in [5.41, 5.74) is -0.488. The molecule has 2 rings (SSSR count). The van der Waals surface area contributed by atoms with Gasteiger partial charge in [0.25, 0.3) is 0 Å². The quantitative estimate of drug-likeness (QED) is 0.913. The van der Waals surface area contributed by atoms with Gasteiger partial charge in [0.05, 0.1) is 6.54 Å². The molecule has 0 atom stereocenters. The highest BCUT2D eigenvalue weighted by atomic mass is 32.2. The summed E-state index contributed by atoms with van der Waals surface area (Å²) in [5.74, 6) is -0.858. The molecule has 0 spiro atoms. The van der Waals surface area contributed by atoms with E-state index in [1.54, 1.807) is 12.3 Å². The maximum Gasteiger partial charge on any atom is 0.242 e. The number of hydrogen-bond acceptors (Lipinski definition) is 5. The van der Waals surface area contributed by atoms with E-state index in [4.69, 9.17) is 5.26 Å². The normalized spacial score (nSPS) is 11.3. The van der Waals surface area contributed by atoms with Crippen LogP contribution in [0.2, 0.25) is 0 Å². The fraction of sp³-hybridized carbons (Fsp3) is 0.231. The van der Waals surface area contributed by atoms with Crippen LogP contribution in [-0.4, -0.2) is 13.4 Å². The molecule has 0 saturated heterocycles. The molecule has 0 aliphatic carbocycles. The van der Waals surface area contributed by atoms with Gasteiger partial charge in [-0.15, -0.1) is 11.3 Å². The van der Waals surface area contributed by atoms with Crippen molar-refractivity contribution in [3.8, 4) is 6.07 Å². The summed E-state index contributed by atoms with van der Waals surface area (Å²) in [6.45, 7) is 1.99. The lowest BCUT2D eigenvalue weighted by atomic mass is 10.2. The fourth-order valence-corrected chi connectivity index (χ4v) is 3.71. The number of nitriles is 1. The van der Waals surface area contributed by atoms with Gasteiger partial charge in [0.15, 0.2) is 0 Å². The van der Waals surface area contributed by atoms with E-state index in [9.17, 15) is 12.8 Å². The summed E-state index contributed by atoms with van der Waals surface area (Å²) in [6, 6.07) is 5.07. The SMILES string of the molecule is CCc1cnc(CNS(=O)(=O)c2cccc(F)c2C#N)s1. The zero-order chi connectivity index (χ0) is 15.5. The Balaban J connectivity index is 2.23. The van der Waals surface area contributed by atoms with E-state index in [0.29, 0.717) is 5.01 Å². The molecular weight excluding hydrogens is 313 g/mol. The molecule has 0 aliphatic heterocycles. The van der Waals surface area contributed by atoms with Crippen molar-refractivity contribution >= 4 is 21.4 Å². The molecule has 1 heterocycles. The van der Waals surface area contributed by atoms with Crippen molar-refractivity contribution in [2.24, 2.45) is 0 Å². The Morgan fingerprint density at radius 2 is 2.24 bits per heavy atom. The summed E-state index contributed by atoms with van der Waals surface area (Å²) in [6.07, 6.45) is 2.52. The van der Waals surface area contributed by atoms with Crippen LogP contribution in [-0.2, 0) is 23.0 Å². The molecule has 0 radical (unpaired) electrons. The molecule has 2 aromatic rings. The minimum absolute atomic E-state index is 0.00832. The van der Waals surface area contributed by atoms with Crippen molar-refractivity contribution in [2.45, 2.75) is 24.8 Å². The van der Waals surface area contributed by atoms with Crippen molar-refractivity contribution in [1.29, 1.82) is 5.26 Å². The number of halogens is 1. The fourth-order valence-electron chi connectivity index (χ4n) is 1.66. The summed E-state index contributed by atoms with van der Waals surface area (Å²) in [7, 11) is -3.97. The Morgan fingerprint density at radius 1 is 1.48 bits per heavy atom. The van der Waals surface area contributed by atoms with Crippen LogP contribution in [0.3, 0.4) is 0 Å². The van der Waals surface area contributed by atoms with E-state index in [1.165, 1.54) is 23.5 Å². The topological polar surface area (TPSA) is 82.8 Å². The van der Waals surface area contributed by atoms with Crippen LogP contribution in [0.15, 0.2) is 29.3 Å². The van der Waals surface area contributed by atoms with Crippen molar-refractivity contribution in [1.82, 2.24) is 9.71 Å². The van der Waals surface area contributed by atoms with Gasteiger partial charge in [-0.3, -0.25) is 0 Å². The highest BCUT2D eigenvalue weighted by molar-refractivity contribution is 7.89. The first-order valence-corrected chi connectivity index (χ1v) is 8.39. The third-order valence-electron chi connectivity index (χ3n) is 2.74. The van der Waals surface area contributed by atoms with Gasteiger partial charge in [-0.2, -0.15) is 5.26 Å². The number of aryl methyl sites for hydroxylation is 1. The van der Waals surface area contributed by atoms with E-state index in [-0.39, 0.29) is 11.4 Å². The molecule has 1 N–H and O–H groups in total. The van der Waals surface area contributed by atoms with Gasteiger partial charge in [0.1, 0.15) is 27.4 Å². The first-order chi connectivity index (χ1) is 9.97. The average Bonchev–Trinajstić information content (AvgIpc) is 2.93. The smallest absolute Gasteiger partial charge is 0.242 e. The molecule has 0 fully saturated rings. The van der Waals surface area contributed by atoms with Gasteiger partial charge in [0.2, 0.25) is 10.0 Å². The molecule has 21 heavy (non-hydrogen) atoms. The van der Waals surface area contributed by atoms with Crippen LogP contribution in [0, 0.1) is 17.1 Å². The van der Waals surface area contributed by atoms with E-state index in [0.717, 1.165) is 17.4 Å².